The Morgan fingerprint density at radius 1 is 1.85 bits per heavy atom. The van der Waals surface area contributed by atoms with Crippen LogP contribution in [0.15, 0.2) is 10.4 Å². The Hall–Kier alpha value is -1.03. The number of thiazole rings is 1. The zero-order valence-electron chi connectivity index (χ0n) is 7.48. The minimum Gasteiger partial charge on any atom is -0.378 e. The van der Waals surface area contributed by atoms with Gasteiger partial charge in [-0.05, 0) is 6.92 Å². The summed E-state index contributed by atoms with van der Waals surface area (Å²) in [6.07, 6.45) is 1.52. The largest absolute Gasteiger partial charge is 0.378 e. The van der Waals surface area contributed by atoms with Gasteiger partial charge in [0.25, 0.3) is 0 Å². The number of aromatic nitrogens is 1. The molecule has 1 aromatic rings. The summed E-state index contributed by atoms with van der Waals surface area (Å²) in [5.41, 5.74) is 0.792. The highest BCUT2D eigenvalue weighted by Gasteiger charge is 2.07. The molecule has 0 radical (unpaired) electrons. The molecule has 0 N–H and O–H groups in total. The maximum atomic E-state index is 9.98. The molecule has 0 aliphatic rings. The number of nitrogens with zero attached hydrogens (tertiary/aromatic N) is 2. The fraction of sp³-hybridized carbons (Fsp3) is 0.500. The molecule has 0 aliphatic carbocycles. The van der Waals surface area contributed by atoms with Gasteiger partial charge < -0.3 is 4.74 Å². The zero-order valence-corrected chi connectivity index (χ0v) is 8.30. The van der Waals surface area contributed by atoms with E-state index < -0.39 is 0 Å². The summed E-state index contributed by atoms with van der Waals surface area (Å²) in [5, 5.41) is 2.77. The molecule has 1 aromatic heterocycles. The van der Waals surface area contributed by atoms with E-state index in [1.54, 1.807) is 14.0 Å². The maximum Gasteiger partial charge on any atom is 0.235 e. The summed E-state index contributed by atoms with van der Waals surface area (Å²) in [5.74, 6) is 0. The van der Waals surface area contributed by atoms with Gasteiger partial charge in [0, 0.05) is 12.5 Å². The SMILES string of the molecule is COCc1nc(C(C)N=C=O)cs1. The van der Waals surface area contributed by atoms with Crippen LogP contribution in [0.2, 0.25) is 0 Å². The van der Waals surface area contributed by atoms with Crippen molar-refractivity contribution in [2.75, 3.05) is 7.11 Å². The molecule has 0 saturated carbocycles. The fourth-order valence-corrected chi connectivity index (χ4v) is 1.70. The van der Waals surface area contributed by atoms with Crippen molar-refractivity contribution in [2.24, 2.45) is 4.99 Å². The normalized spacial score (nSPS) is 12.2. The third-order valence-corrected chi connectivity index (χ3v) is 2.35. The number of ether oxygens (including phenoxy) is 1. The van der Waals surface area contributed by atoms with E-state index in [0.717, 1.165) is 10.7 Å². The van der Waals surface area contributed by atoms with Crippen molar-refractivity contribution >= 4 is 17.4 Å². The van der Waals surface area contributed by atoms with Crippen LogP contribution in [0, 0.1) is 0 Å². The molecule has 0 spiro atoms. The Morgan fingerprint density at radius 2 is 2.62 bits per heavy atom. The predicted octanol–water partition coefficient (Wildman–Crippen LogP) is 1.69. The van der Waals surface area contributed by atoms with Gasteiger partial charge >= 0.3 is 0 Å². The lowest BCUT2D eigenvalue weighted by atomic mass is 10.3. The molecule has 4 nitrogen and oxygen atoms in total. The Balaban J connectivity index is 2.72. The number of rotatable bonds is 4. The van der Waals surface area contributed by atoms with Gasteiger partial charge in [-0.25, -0.2) is 9.78 Å². The van der Waals surface area contributed by atoms with Gasteiger partial charge in [-0.1, -0.05) is 0 Å². The van der Waals surface area contributed by atoms with Crippen LogP contribution in [-0.2, 0) is 16.1 Å². The molecule has 0 aliphatic heterocycles. The third-order valence-electron chi connectivity index (χ3n) is 1.51. The molecule has 0 amide bonds. The Morgan fingerprint density at radius 3 is 3.23 bits per heavy atom. The lowest BCUT2D eigenvalue weighted by Crippen LogP contribution is -1.91. The van der Waals surface area contributed by atoms with E-state index in [1.165, 1.54) is 17.4 Å². The van der Waals surface area contributed by atoms with Gasteiger partial charge in [0.05, 0.1) is 12.3 Å². The van der Waals surface area contributed by atoms with E-state index in [2.05, 4.69) is 9.98 Å². The van der Waals surface area contributed by atoms with E-state index in [1.807, 2.05) is 5.38 Å². The number of aliphatic imine (C=N–C) groups is 1. The van der Waals surface area contributed by atoms with Crippen molar-refractivity contribution in [3.8, 4) is 0 Å². The molecule has 0 fully saturated rings. The van der Waals surface area contributed by atoms with Crippen LogP contribution >= 0.6 is 11.3 Å². The summed E-state index contributed by atoms with van der Waals surface area (Å²) in [6, 6.07) is -0.209. The van der Waals surface area contributed by atoms with Crippen LogP contribution in [0.4, 0.5) is 0 Å². The highest BCUT2D eigenvalue weighted by atomic mass is 32.1. The lowest BCUT2D eigenvalue weighted by molar-refractivity contribution is 0.184. The molecule has 0 bridgehead atoms. The van der Waals surface area contributed by atoms with Crippen molar-refractivity contribution in [2.45, 2.75) is 19.6 Å². The first-order valence-corrected chi connectivity index (χ1v) is 4.66. The van der Waals surface area contributed by atoms with Gasteiger partial charge in [-0.2, -0.15) is 4.99 Å². The fourth-order valence-electron chi connectivity index (χ4n) is 0.852. The third kappa shape index (κ3) is 2.73. The number of isocyanates is 1. The van der Waals surface area contributed by atoms with Crippen molar-refractivity contribution in [1.82, 2.24) is 4.98 Å². The number of hydrogen-bond donors (Lipinski definition) is 0. The van der Waals surface area contributed by atoms with Crippen molar-refractivity contribution in [3.63, 3.8) is 0 Å². The second kappa shape index (κ2) is 4.87. The molecular weight excluding hydrogens is 188 g/mol. The van der Waals surface area contributed by atoms with Crippen LogP contribution in [0.3, 0.4) is 0 Å². The minimum atomic E-state index is -0.209. The van der Waals surface area contributed by atoms with E-state index >= 15 is 0 Å². The maximum absolute atomic E-state index is 9.98. The number of carbonyl (C=O) groups excluding carboxylic acids is 1. The molecule has 0 saturated heterocycles. The van der Waals surface area contributed by atoms with Gasteiger partial charge in [0.2, 0.25) is 6.08 Å². The Kier molecular flexibility index (Phi) is 3.76. The molecule has 1 heterocycles. The highest BCUT2D eigenvalue weighted by molar-refractivity contribution is 7.09. The summed E-state index contributed by atoms with van der Waals surface area (Å²) in [7, 11) is 1.62. The predicted molar refractivity (Wildman–Crippen MR) is 49.4 cm³/mol. The second-order valence-corrected chi connectivity index (χ2v) is 3.44. The minimum absolute atomic E-state index is 0.209. The standard InChI is InChI=1S/C8H10N2O2S/c1-6(9-5-11)7-4-13-8(10-7)3-12-2/h4,6H,3H2,1-2H3. The van der Waals surface area contributed by atoms with E-state index in [0.29, 0.717) is 6.61 Å². The van der Waals surface area contributed by atoms with Crippen LogP contribution in [-0.4, -0.2) is 18.2 Å². The average molecular weight is 198 g/mol. The number of methoxy groups -OCH3 is 1. The molecule has 5 heteroatoms. The summed E-state index contributed by atoms with van der Waals surface area (Å²) in [6.45, 7) is 2.30. The van der Waals surface area contributed by atoms with Crippen LogP contribution in [0.25, 0.3) is 0 Å². The number of hydrogen-bond acceptors (Lipinski definition) is 5. The molecular formula is C8H10N2O2S. The Labute approximate surface area is 80.3 Å². The summed E-state index contributed by atoms with van der Waals surface area (Å²) in [4.78, 5) is 17.8. The van der Waals surface area contributed by atoms with E-state index in [-0.39, 0.29) is 6.04 Å². The van der Waals surface area contributed by atoms with Crippen molar-refractivity contribution in [1.29, 1.82) is 0 Å². The highest BCUT2D eigenvalue weighted by Crippen LogP contribution is 2.19. The average Bonchev–Trinajstić information content (AvgIpc) is 2.54. The van der Waals surface area contributed by atoms with Crippen LogP contribution in [0.1, 0.15) is 23.7 Å². The first kappa shape index (κ1) is 10.1. The van der Waals surface area contributed by atoms with Gasteiger partial charge in [-0.3, -0.25) is 0 Å². The first-order valence-electron chi connectivity index (χ1n) is 3.78. The van der Waals surface area contributed by atoms with E-state index in [4.69, 9.17) is 4.74 Å². The summed E-state index contributed by atoms with van der Waals surface area (Å²) >= 11 is 1.50. The topological polar surface area (TPSA) is 51.6 Å². The molecule has 1 unspecified atom stereocenters. The summed E-state index contributed by atoms with van der Waals surface area (Å²) < 4.78 is 4.92. The molecule has 1 atom stereocenters. The second-order valence-electron chi connectivity index (χ2n) is 2.50. The smallest absolute Gasteiger partial charge is 0.235 e. The molecule has 0 aromatic carbocycles. The molecule has 1 rings (SSSR count). The first-order chi connectivity index (χ1) is 6.27. The van der Waals surface area contributed by atoms with Gasteiger partial charge in [0.15, 0.2) is 0 Å². The van der Waals surface area contributed by atoms with E-state index in [9.17, 15) is 4.79 Å². The Bertz CT molecular complexity index is 318. The van der Waals surface area contributed by atoms with Crippen LogP contribution in [0.5, 0.6) is 0 Å². The lowest BCUT2D eigenvalue weighted by Gasteiger charge is -1.96. The monoisotopic (exact) mass is 198 g/mol. The van der Waals surface area contributed by atoms with Crippen LogP contribution < -0.4 is 0 Å². The van der Waals surface area contributed by atoms with Crippen molar-refractivity contribution in [3.05, 3.63) is 16.1 Å². The quantitative estimate of drug-likeness (QED) is 0.546. The molecule has 13 heavy (non-hydrogen) atoms. The van der Waals surface area contributed by atoms with Crippen molar-refractivity contribution < 1.29 is 9.53 Å². The molecule has 70 valence electrons. The van der Waals surface area contributed by atoms with Gasteiger partial charge in [0.1, 0.15) is 11.0 Å². The zero-order chi connectivity index (χ0) is 9.68. The van der Waals surface area contributed by atoms with Gasteiger partial charge in [-0.15, -0.1) is 11.3 Å².